The molecule has 0 radical (unpaired) electrons. The summed E-state index contributed by atoms with van der Waals surface area (Å²) in [5, 5.41) is 8.81. The van der Waals surface area contributed by atoms with Crippen molar-refractivity contribution in [3.05, 3.63) is 0 Å². The smallest absolute Gasteiger partial charge is 0.317 e. The Balaban J connectivity index is 2.08. The van der Waals surface area contributed by atoms with Gasteiger partial charge in [0.1, 0.15) is 0 Å². The van der Waals surface area contributed by atoms with Crippen molar-refractivity contribution in [1.82, 2.24) is 9.80 Å². The number of carboxylic acids is 1. The van der Waals surface area contributed by atoms with Gasteiger partial charge < -0.3 is 5.11 Å². The molecular formula is C10H18N2O2. The highest BCUT2D eigenvalue weighted by molar-refractivity contribution is 5.69. The Labute approximate surface area is 84.5 Å². The maximum atomic E-state index is 10.7. The molecule has 2 aliphatic heterocycles. The topological polar surface area (TPSA) is 43.8 Å². The quantitative estimate of drug-likeness (QED) is 0.690. The lowest BCUT2D eigenvalue weighted by atomic mass is 9.99. The molecule has 2 saturated heterocycles. The van der Waals surface area contributed by atoms with E-state index in [2.05, 4.69) is 23.6 Å². The Morgan fingerprint density at radius 2 is 2.29 bits per heavy atom. The van der Waals surface area contributed by atoms with Gasteiger partial charge in [0.05, 0.1) is 6.54 Å². The summed E-state index contributed by atoms with van der Waals surface area (Å²) in [4.78, 5) is 15.3. The Hall–Kier alpha value is -0.610. The van der Waals surface area contributed by atoms with E-state index in [1.165, 1.54) is 0 Å². The summed E-state index contributed by atoms with van der Waals surface area (Å²) in [6.45, 7) is 7.63. The van der Waals surface area contributed by atoms with Gasteiger partial charge in [-0.05, 0) is 20.3 Å². The number of rotatable bonds is 2. The van der Waals surface area contributed by atoms with Gasteiger partial charge in [0.2, 0.25) is 0 Å². The van der Waals surface area contributed by atoms with Crippen LogP contribution >= 0.6 is 0 Å². The molecule has 0 saturated carbocycles. The lowest BCUT2D eigenvalue weighted by molar-refractivity contribution is -0.139. The summed E-state index contributed by atoms with van der Waals surface area (Å²) in [5.41, 5.74) is 0.141. The second-order valence-electron chi connectivity index (χ2n) is 5.00. The van der Waals surface area contributed by atoms with Crippen molar-refractivity contribution in [3.8, 4) is 0 Å². The third kappa shape index (κ3) is 1.64. The van der Waals surface area contributed by atoms with Crippen LogP contribution < -0.4 is 0 Å². The normalized spacial score (nSPS) is 35.9. The van der Waals surface area contributed by atoms with Gasteiger partial charge in [-0.1, -0.05) is 0 Å². The fraction of sp³-hybridized carbons (Fsp3) is 0.900. The van der Waals surface area contributed by atoms with Crippen LogP contribution in [0.4, 0.5) is 0 Å². The molecule has 2 heterocycles. The van der Waals surface area contributed by atoms with E-state index >= 15 is 0 Å². The van der Waals surface area contributed by atoms with Crippen LogP contribution in [0.15, 0.2) is 0 Å². The average molecular weight is 198 g/mol. The molecule has 2 bridgehead atoms. The minimum Gasteiger partial charge on any atom is -0.480 e. The Bertz CT molecular complexity index is 253. The van der Waals surface area contributed by atoms with Crippen LogP contribution in [0.3, 0.4) is 0 Å². The number of carboxylic acid groups (broad SMARTS) is 1. The van der Waals surface area contributed by atoms with E-state index in [1.807, 2.05) is 0 Å². The van der Waals surface area contributed by atoms with Crippen molar-refractivity contribution in [2.24, 2.45) is 0 Å². The fourth-order valence-corrected chi connectivity index (χ4v) is 2.67. The van der Waals surface area contributed by atoms with Gasteiger partial charge in [-0.3, -0.25) is 14.6 Å². The molecule has 0 aliphatic carbocycles. The first-order chi connectivity index (χ1) is 6.49. The standard InChI is InChI=1S/C10H18N2O2/c1-10(2)7-11(6-9(13)14)8-3-4-12(10)5-8/h8H,3-7H2,1-2H3,(H,13,14). The zero-order valence-corrected chi connectivity index (χ0v) is 8.86. The van der Waals surface area contributed by atoms with Crippen LogP contribution in [0.1, 0.15) is 20.3 Å². The molecule has 2 atom stereocenters. The summed E-state index contributed by atoms with van der Waals surface area (Å²) >= 11 is 0. The summed E-state index contributed by atoms with van der Waals surface area (Å²) < 4.78 is 0. The molecule has 1 N–H and O–H groups in total. The van der Waals surface area contributed by atoms with E-state index in [1.54, 1.807) is 0 Å². The van der Waals surface area contributed by atoms with Crippen molar-refractivity contribution < 1.29 is 9.90 Å². The van der Waals surface area contributed by atoms with Gasteiger partial charge in [0.15, 0.2) is 0 Å². The first-order valence-corrected chi connectivity index (χ1v) is 5.20. The first-order valence-electron chi connectivity index (χ1n) is 5.20. The zero-order valence-electron chi connectivity index (χ0n) is 8.86. The molecule has 4 heteroatoms. The lowest BCUT2D eigenvalue weighted by Crippen LogP contribution is -2.59. The number of carbonyl (C=O) groups is 1. The minimum absolute atomic E-state index is 0.141. The van der Waals surface area contributed by atoms with Gasteiger partial charge in [-0.25, -0.2) is 0 Å². The van der Waals surface area contributed by atoms with Crippen molar-refractivity contribution in [3.63, 3.8) is 0 Å². The van der Waals surface area contributed by atoms with E-state index in [0.29, 0.717) is 6.04 Å². The van der Waals surface area contributed by atoms with E-state index in [0.717, 1.165) is 26.1 Å². The maximum Gasteiger partial charge on any atom is 0.317 e. The third-order valence-corrected chi connectivity index (χ3v) is 3.46. The van der Waals surface area contributed by atoms with Gasteiger partial charge in [-0.15, -0.1) is 0 Å². The predicted molar refractivity (Wildman–Crippen MR) is 53.3 cm³/mol. The van der Waals surface area contributed by atoms with Gasteiger partial charge >= 0.3 is 5.97 Å². The molecule has 0 aromatic rings. The van der Waals surface area contributed by atoms with Crippen LogP contribution in [0.2, 0.25) is 0 Å². The highest BCUT2D eigenvalue weighted by Gasteiger charge is 2.43. The second kappa shape index (κ2) is 3.21. The molecule has 0 aromatic heterocycles. The van der Waals surface area contributed by atoms with Crippen LogP contribution in [-0.4, -0.2) is 58.6 Å². The monoisotopic (exact) mass is 198 g/mol. The lowest BCUT2D eigenvalue weighted by Gasteiger charge is -2.45. The van der Waals surface area contributed by atoms with E-state index in [4.69, 9.17) is 5.11 Å². The molecule has 80 valence electrons. The van der Waals surface area contributed by atoms with Gasteiger partial charge in [-0.2, -0.15) is 0 Å². The number of hydrogen-bond donors (Lipinski definition) is 1. The van der Waals surface area contributed by atoms with E-state index in [9.17, 15) is 4.79 Å². The van der Waals surface area contributed by atoms with Gasteiger partial charge in [0, 0.05) is 31.2 Å². The first kappa shape index (κ1) is 9.93. The Morgan fingerprint density at radius 3 is 2.93 bits per heavy atom. The molecule has 14 heavy (non-hydrogen) atoms. The van der Waals surface area contributed by atoms with Gasteiger partial charge in [0.25, 0.3) is 0 Å². The molecule has 2 rings (SSSR count). The predicted octanol–water partition coefficient (Wildman–Crippen LogP) is 0.240. The largest absolute Gasteiger partial charge is 0.480 e. The Morgan fingerprint density at radius 1 is 1.57 bits per heavy atom. The number of aliphatic carboxylic acids is 1. The van der Waals surface area contributed by atoms with Crippen molar-refractivity contribution in [2.75, 3.05) is 26.2 Å². The molecule has 2 unspecified atom stereocenters. The molecule has 0 amide bonds. The minimum atomic E-state index is -0.707. The van der Waals surface area contributed by atoms with E-state index < -0.39 is 5.97 Å². The molecule has 0 aromatic carbocycles. The summed E-state index contributed by atoms with van der Waals surface area (Å²) in [5.74, 6) is -0.707. The van der Waals surface area contributed by atoms with Crippen LogP contribution in [0.25, 0.3) is 0 Å². The molecule has 4 nitrogen and oxygen atoms in total. The second-order valence-corrected chi connectivity index (χ2v) is 5.00. The third-order valence-electron chi connectivity index (χ3n) is 3.46. The van der Waals surface area contributed by atoms with Crippen molar-refractivity contribution >= 4 is 5.97 Å². The highest BCUT2D eigenvalue weighted by atomic mass is 16.4. The van der Waals surface area contributed by atoms with Crippen molar-refractivity contribution in [1.29, 1.82) is 0 Å². The van der Waals surface area contributed by atoms with Crippen molar-refractivity contribution in [2.45, 2.75) is 31.8 Å². The zero-order chi connectivity index (χ0) is 10.3. The number of fused-ring (bicyclic) bond motifs is 2. The number of nitrogens with zero attached hydrogens (tertiary/aromatic N) is 2. The van der Waals surface area contributed by atoms with E-state index in [-0.39, 0.29) is 12.1 Å². The molecule has 2 aliphatic rings. The van der Waals surface area contributed by atoms with Crippen LogP contribution in [0.5, 0.6) is 0 Å². The maximum absolute atomic E-state index is 10.7. The number of hydrogen-bond acceptors (Lipinski definition) is 3. The van der Waals surface area contributed by atoms with Crippen LogP contribution in [-0.2, 0) is 4.79 Å². The fourth-order valence-electron chi connectivity index (χ4n) is 2.67. The number of piperazine rings is 1. The summed E-state index contributed by atoms with van der Waals surface area (Å²) in [6.07, 6.45) is 1.12. The molecular weight excluding hydrogens is 180 g/mol. The molecule has 2 fully saturated rings. The highest BCUT2D eigenvalue weighted by Crippen LogP contribution is 2.30. The average Bonchev–Trinajstić information content (AvgIpc) is 2.44. The van der Waals surface area contributed by atoms with Crippen LogP contribution in [0, 0.1) is 0 Å². The summed E-state index contributed by atoms with van der Waals surface area (Å²) in [7, 11) is 0. The summed E-state index contributed by atoms with van der Waals surface area (Å²) in [6, 6.07) is 0.471. The Kier molecular flexibility index (Phi) is 2.27. The molecule has 0 spiro atoms. The SMILES string of the molecule is CC1(C)CN(CC(=O)O)C2CCN1C2.